The maximum Gasteiger partial charge on any atom is 0.237 e. The van der Waals surface area contributed by atoms with Crippen molar-refractivity contribution in [3.05, 3.63) is 34.6 Å². The molecule has 0 aliphatic rings. The molecule has 112 valence electrons. The third-order valence-electron chi connectivity index (χ3n) is 2.94. The molecule has 0 radical (unpaired) electrons. The van der Waals surface area contributed by atoms with Gasteiger partial charge in [-0.2, -0.15) is 0 Å². The van der Waals surface area contributed by atoms with Crippen molar-refractivity contribution in [3.63, 3.8) is 0 Å². The van der Waals surface area contributed by atoms with Crippen molar-refractivity contribution in [1.29, 1.82) is 0 Å². The second-order valence-electron chi connectivity index (χ2n) is 4.61. The molecule has 0 aliphatic heterocycles. The Hall–Kier alpha value is -1.73. The number of nitrogen functional groups attached to an aromatic ring is 1. The number of aryl methyl sites for hydroxylation is 2. The number of nitrogens with two attached hydrogens (primary N) is 1. The first-order valence-corrected chi connectivity index (χ1v) is 7.55. The Labute approximate surface area is 132 Å². The number of amides is 1. The Bertz CT molecular complexity index is 673. The molecule has 1 unspecified atom stereocenters. The van der Waals surface area contributed by atoms with Gasteiger partial charge in [0.1, 0.15) is 5.82 Å². The summed E-state index contributed by atoms with van der Waals surface area (Å²) in [7, 11) is 0. The fourth-order valence-corrected chi connectivity index (χ4v) is 2.59. The maximum atomic E-state index is 12.2. The van der Waals surface area contributed by atoms with E-state index in [1.165, 1.54) is 16.4 Å². The van der Waals surface area contributed by atoms with Crippen LogP contribution in [-0.4, -0.2) is 26.0 Å². The molecule has 0 saturated carbocycles. The Balaban J connectivity index is 2.06. The lowest BCUT2D eigenvalue weighted by Crippen LogP contribution is -2.24. The van der Waals surface area contributed by atoms with E-state index in [9.17, 15) is 4.79 Å². The quantitative estimate of drug-likeness (QED) is 0.666. The zero-order valence-corrected chi connectivity index (χ0v) is 13.5. The first-order valence-electron chi connectivity index (χ1n) is 6.29. The first-order chi connectivity index (χ1) is 9.88. The van der Waals surface area contributed by atoms with E-state index in [-0.39, 0.29) is 11.2 Å². The lowest BCUT2D eigenvalue weighted by atomic mass is 10.2. The van der Waals surface area contributed by atoms with Gasteiger partial charge in [-0.05, 0) is 38.5 Å². The largest absolute Gasteiger partial charge is 0.336 e. The summed E-state index contributed by atoms with van der Waals surface area (Å²) in [6, 6.07) is 5.36. The van der Waals surface area contributed by atoms with E-state index >= 15 is 0 Å². The number of thioether (sulfide) groups is 1. The van der Waals surface area contributed by atoms with Crippen molar-refractivity contribution in [3.8, 4) is 0 Å². The van der Waals surface area contributed by atoms with Gasteiger partial charge in [-0.3, -0.25) is 4.79 Å². The number of nitrogens with one attached hydrogen (secondary N) is 1. The molecule has 2 aromatic rings. The predicted molar refractivity (Wildman–Crippen MR) is 85.0 cm³/mol. The second-order valence-corrected chi connectivity index (χ2v) is 6.35. The average Bonchev–Trinajstić information content (AvgIpc) is 2.74. The molecule has 1 aromatic heterocycles. The summed E-state index contributed by atoms with van der Waals surface area (Å²) in [6.07, 6.45) is 0. The van der Waals surface area contributed by atoms with E-state index in [1.54, 1.807) is 26.0 Å². The summed E-state index contributed by atoms with van der Waals surface area (Å²) in [5.41, 5.74) is 1.65. The van der Waals surface area contributed by atoms with Crippen molar-refractivity contribution in [2.75, 3.05) is 11.2 Å². The molecular weight excluding hydrogens is 310 g/mol. The van der Waals surface area contributed by atoms with Crippen molar-refractivity contribution < 1.29 is 4.79 Å². The minimum absolute atomic E-state index is 0.147. The van der Waals surface area contributed by atoms with Crippen LogP contribution in [0.1, 0.15) is 18.3 Å². The smallest absolute Gasteiger partial charge is 0.237 e. The van der Waals surface area contributed by atoms with Crippen LogP contribution < -0.4 is 11.2 Å². The van der Waals surface area contributed by atoms with Gasteiger partial charge >= 0.3 is 0 Å². The highest BCUT2D eigenvalue weighted by atomic mass is 35.5. The normalized spacial score (nSPS) is 12.2. The molecule has 0 bridgehead atoms. The molecule has 8 heteroatoms. The summed E-state index contributed by atoms with van der Waals surface area (Å²) in [5.74, 6) is 6.22. The Morgan fingerprint density at radius 1 is 1.43 bits per heavy atom. The minimum Gasteiger partial charge on any atom is -0.336 e. The van der Waals surface area contributed by atoms with Crippen LogP contribution in [0.3, 0.4) is 0 Å². The summed E-state index contributed by atoms with van der Waals surface area (Å²) in [6.45, 7) is 5.44. The average molecular weight is 326 g/mol. The minimum atomic E-state index is -0.366. The number of hydrogen-bond acceptors (Lipinski definition) is 5. The number of halogens is 1. The Morgan fingerprint density at radius 3 is 2.76 bits per heavy atom. The van der Waals surface area contributed by atoms with E-state index in [2.05, 4.69) is 15.5 Å². The number of carbonyl (C=O) groups is 1. The van der Waals surface area contributed by atoms with E-state index in [0.29, 0.717) is 21.7 Å². The van der Waals surface area contributed by atoms with Gasteiger partial charge in [-0.1, -0.05) is 29.4 Å². The van der Waals surface area contributed by atoms with Crippen LogP contribution in [-0.2, 0) is 4.79 Å². The molecule has 0 fully saturated rings. The van der Waals surface area contributed by atoms with Crippen LogP contribution >= 0.6 is 23.4 Å². The van der Waals surface area contributed by atoms with Gasteiger partial charge < -0.3 is 11.2 Å². The van der Waals surface area contributed by atoms with Gasteiger partial charge in [0.25, 0.3) is 0 Å². The van der Waals surface area contributed by atoms with Gasteiger partial charge in [-0.15, -0.1) is 10.2 Å². The topological polar surface area (TPSA) is 85.8 Å². The molecule has 2 rings (SSSR count). The monoisotopic (exact) mass is 325 g/mol. The number of nitrogens with zero attached hydrogens (tertiary/aromatic N) is 3. The summed E-state index contributed by atoms with van der Waals surface area (Å²) in [4.78, 5) is 12.2. The van der Waals surface area contributed by atoms with Crippen LogP contribution in [0.2, 0.25) is 5.02 Å². The first kappa shape index (κ1) is 15.7. The number of anilines is 1. The van der Waals surface area contributed by atoms with Crippen molar-refractivity contribution >= 4 is 35.0 Å². The molecule has 1 atom stereocenters. The third-order valence-corrected chi connectivity index (χ3v) is 4.24. The van der Waals surface area contributed by atoms with Crippen LogP contribution in [0.5, 0.6) is 0 Å². The fourth-order valence-electron chi connectivity index (χ4n) is 1.61. The predicted octanol–water partition coefficient (Wildman–Crippen LogP) is 2.38. The molecule has 1 heterocycles. The highest BCUT2D eigenvalue weighted by Gasteiger charge is 2.19. The number of rotatable bonds is 4. The Morgan fingerprint density at radius 2 is 2.14 bits per heavy atom. The molecule has 6 nitrogen and oxygen atoms in total. The fraction of sp³-hybridized carbons (Fsp3) is 0.308. The van der Waals surface area contributed by atoms with E-state index in [0.717, 1.165) is 5.56 Å². The van der Waals surface area contributed by atoms with Gasteiger partial charge in [0.05, 0.1) is 5.25 Å². The number of aromatic nitrogens is 3. The zero-order chi connectivity index (χ0) is 15.6. The Kier molecular flexibility index (Phi) is 4.74. The number of carbonyl (C=O) groups excluding carboxylic acids is 1. The van der Waals surface area contributed by atoms with Crippen LogP contribution in [0.25, 0.3) is 0 Å². The molecule has 0 spiro atoms. The molecule has 1 amide bonds. The van der Waals surface area contributed by atoms with Crippen LogP contribution in [0.4, 0.5) is 5.69 Å². The van der Waals surface area contributed by atoms with Crippen LogP contribution in [0.15, 0.2) is 23.4 Å². The standard InChI is InChI=1S/C13H16ClN5OS/c1-7-4-5-10(14)6-11(7)16-12(20)8(2)21-13-18-17-9(3)19(13)15/h4-6,8H,15H2,1-3H3,(H,16,20). The molecule has 0 aliphatic carbocycles. The highest BCUT2D eigenvalue weighted by molar-refractivity contribution is 8.00. The lowest BCUT2D eigenvalue weighted by Gasteiger charge is -2.13. The molecule has 1 aromatic carbocycles. The van der Waals surface area contributed by atoms with Gasteiger partial charge in [0.2, 0.25) is 11.1 Å². The number of hydrogen-bond donors (Lipinski definition) is 2. The molecular formula is C13H16ClN5OS. The van der Waals surface area contributed by atoms with Crippen LogP contribution in [0, 0.1) is 13.8 Å². The van der Waals surface area contributed by atoms with E-state index in [4.69, 9.17) is 17.4 Å². The van der Waals surface area contributed by atoms with Gasteiger partial charge in [0.15, 0.2) is 0 Å². The second kappa shape index (κ2) is 6.36. The van der Waals surface area contributed by atoms with Crippen molar-refractivity contribution in [2.24, 2.45) is 0 Å². The third kappa shape index (κ3) is 3.68. The summed E-state index contributed by atoms with van der Waals surface area (Å²) < 4.78 is 1.36. The van der Waals surface area contributed by atoms with Crippen molar-refractivity contribution in [1.82, 2.24) is 14.9 Å². The molecule has 3 N–H and O–H groups in total. The van der Waals surface area contributed by atoms with E-state index in [1.807, 2.05) is 13.0 Å². The van der Waals surface area contributed by atoms with Crippen molar-refractivity contribution in [2.45, 2.75) is 31.2 Å². The highest BCUT2D eigenvalue weighted by Crippen LogP contribution is 2.24. The molecule has 0 saturated heterocycles. The SMILES string of the molecule is Cc1ccc(Cl)cc1NC(=O)C(C)Sc1nnc(C)n1N. The summed E-state index contributed by atoms with van der Waals surface area (Å²) in [5, 5.41) is 11.3. The van der Waals surface area contributed by atoms with Gasteiger partial charge in [0, 0.05) is 10.7 Å². The zero-order valence-electron chi connectivity index (χ0n) is 11.9. The lowest BCUT2D eigenvalue weighted by molar-refractivity contribution is -0.115. The number of benzene rings is 1. The van der Waals surface area contributed by atoms with E-state index < -0.39 is 0 Å². The maximum absolute atomic E-state index is 12.2. The van der Waals surface area contributed by atoms with Gasteiger partial charge in [-0.25, -0.2) is 4.68 Å². The summed E-state index contributed by atoms with van der Waals surface area (Å²) >= 11 is 7.19. The molecule has 21 heavy (non-hydrogen) atoms.